The van der Waals surface area contributed by atoms with Gasteiger partial charge in [-0.1, -0.05) is 32.6 Å². The van der Waals surface area contributed by atoms with Crippen molar-refractivity contribution in [3.8, 4) is 11.5 Å². The SMILES string of the molecule is CCCCC[C@H]1CC[C@H](C(=O)O)CC1.CCOc1ccc(O)c(F)c1F. The number of ether oxygens (including phenoxy) is 1. The summed E-state index contributed by atoms with van der Waals surface area (Å²) in [4.78, 5) is 10.7. The Bertz CT molecular complexity index is 555. The molecule has 0 saturated heterocycles. The van der Waals surface area contributed by atoms with E-state index in [1.54, 1.807) is 6.92 Å². The lowest BCUT2D eigenvalue weighted by atomic mass is 9.80. The number of phenols is 1. The standard InChI is InChI=1S/C12H22O2.C8H8F2O2/c1-2-3-4-5-10-6-8-11(9-7-10)12(13)14;1-2-12-6-4-3-5(11)7(9)8(6)10/h10-11H,2-9H2,1H3,(H,13,14);3-4,11H,2H2,1H3/t10-,11-;. The molecule has 1 saturated carbocycles. The molecule has 1 aromatic rings. The molecule has 26 heavy (non-hydrogen) atoms. The van der Waals surface area contributed by atoms with E-state index >= 15 is 0 Å². The lowest BCUT2D eigenvalue weighted by Crippen LogP contribution is -2.21. The van der Waals surface area contributed by atoms with Crippen LogP contribution in [0.25, 0.3) is 0 Å². The van der Waals surface area contributed by atoms with Gasteiger partial charge in [-0.2, -0.15) is 8.78 Å². The van der Waals surface area contributed by atoms with E-state index < -0.39 is 23.4 Å². The minimum Gasteiger partial charge on any atom is -0.505 e. The molecule has 2 N–H and O–H groups in total. The Labute approximate surface area is 154 Å². The molecule has 0 unspecified atom stereocenters. The molecule has 2 rings (SSSR count). The summed E-state index contributed by atoms with van der Waals surface area (Å²) >= 11 is 0. The predicted octanol–water partition coefficient (Wildman–Crippen LogP) is 5.53. The van der Waals surface area contributed by atoms with Crippen LogP contribution in [-0.2, 0) is 4.79 Å². The predicted molar refractivity (Wildman–Crippen MR) is 96.4 cm³/mol. The third-order valence-electron chi connectivity index (χ3n) is 4.74. The van der Waals surface area contributed by atoms with Crippen LogP contribution in [0.2, 0.25) is 0 Å². The topological polar surface area (TPSA) is 66.8 Å². The van der Waals surface area contributed by atoms with Gasteiger partial charge in [0.2, 0.25) is 11.6 Å². The summed E-state index contributed by atoms with van der Waals surface area (Å²) in [5, 5.41) is 17.6. The van der Waals surface area contributed by atoms with Crippen molar-refractivity contribution in [1.29, 1.82) is 0 Å². The maximum absolute atomic E-state index is 12.8. The molecule has 148 valence electrons. The Morgan fingerprint density at radius 1 is 1.12 bits per heavy atom. The Hall–Kier alpha value is -1.85. The molecular formula is C20H30F2O4. The summed E-state index contributed by atoms with van der Waals surface area (Å²) < 4.78 is 30.1. The average molecular weight is 372 g/mol. The Balaban J connectivity index is 0.000000263. The number of hydrogen-bond donors (Lipinski definition) is 2. The third-order valence-corrected chi connectivity index (χ3v) is 4.74. The van der Waals surface area contributed by atoms with Crippen LogP contribution in [-0.4, -0.2) is 22.8 Å². The van der Waals surface area contributed by atoms with E-state index in [0.717, 1.165) is 37.7 Å². The summed E-state index contributed by atoms with van der Waals surface area (Å²) in [6, 6.07) is 2.22. The Morgan fingerprint density at radius 3 is 2.31 bits per heavy atom. The first-order valence-corrected chi connectivity index (χ1v) is 9.43. The van der Waals surface area contributed by atoms with E-state index in [-0.39, 0.29) is 18.3 Å². The fourth-order valence-electron chi connectivity index (χ4n) is 3.17. The zero-order valence-corrected chi connectivity index (χ0v) is 15.6. The maximum Gasteiger partial charge on any atom is 0.306 e. The molecule has 0 aromatic heterocycles. The second kappa shape index (κ2) is 11.7. The number of halogens is 2. The normalized spacial score (nSPS) is 19.4. The third kappa shape index (κ3) is 7.18. The van der Waals surface area contributed by atoms with Crippen molar-refractivity contribution in [3.05, 3.63) is 23.8 Å². The molecule has 0 bridgehead atoms. The van der Waals surface area contributed by atoms with Crippen molar-refractivity contribution < 1.29 is 28.5 Å². The molecular weight excluding hydrogens is 342 g/mol. The summed E-state index contributed by atoms with van der Waals surface area (Å²) in [6.07, 6.45) is 9.36. The first-order chi connectivity index (χ1) is 12.4. The highest BCUT2D eigenvalue weighted by Gasteiger charge is 2.25. The van der Waals surface area contributed by atoms with E-state index in [9.17, 15) is 13.6 Å². The van der Waals surface area contributed by atoms with Gasteiger partial charge < -0.3 is 14.9 Å². The van der Waals surface area contributed by atoms with Crippen molar-refractivity contribution in [3.63, 3.8) is 0 Å². The molecule has 0 heterocycles. The Kier molecular flexibility index (Phi) is 9.99. The smallest absolute Gasteiger partial charge is 0.306 e. The highest BCUT2D eigenvalue weighted by Crippen LogP contribution is 2.32. The van der Waals surface area contributed by atoms with Gasteiger partial charge in [0.05, 0.1) is 12.5 Å². The molecule has 1 fully saturated rings. The molecule has 0 radical (unpaired) electrons. The number of benzene rings is 1. The molecule has 0 spiro atoms. The minimum absolute atomic E-state index is 0.0441. The summed E-state index contributed by atoms with van der Waals surface area (Å²) in [7, 11) is 0. The number of unbranched alkanes of at least 4 members (excludes halogenated alkanes) is 2. The van der Waals surface area contributed by atoms with Crippen LogP contribution in [0.15, 0.2) is 12.1 Å². The summed E-state index contributed by atoms with van der Waals surface area (Å²) in [6.45, 7) is 4.13. The number of carbonyl (C=O) groups is 1. The van der Waals surface area contributed by atoms with Gasteiger partial charge >= 0.3 is 5.97 Å². The Morgan fingerprint density at radius 2 is 1.77 bits per heavy atom. The van der Waals surface area contributed by atoms with Crippen LogP contribution in [0.4, 0.5) is 8.78 Å². The molecule has 0 amide bonds. The molecule has 4 nitrogen and oxygen atoms in total. The maximum atomic E-state index is 12.8. The van der Waals surface area contributed by atoms with Gasteiger partial charge in [-0.25, -0.2) is 0 Å². The zero-order valence-electron chi connectivity index (χ0n) is 15.6. The summed E-state index contributed by atoms with van der Waals surface area (Å²) in [5.74, 6) is -3.15. The quantitative estimate of drug-likeness (QED) is 0.618. The minimum atomic E-state index is -1.28. The van der Waals surface area contributed by atoms with Crippen LogP contribution in [0.5, 0.6) is 11.5 Å². The fraction of sp³-hybridized carbons (Fsp3) is 0.650. The number of hydrogen-bond acceptors (Lipinski definition) is 3. The van der Waals surface area contributed by atoms with Gasteiger partial charge in [-0.05, 0) is 50.7 Å². The van der Waals surface area contributed by atoms with Gasteiger partial charge in [0.25, 0.3) is 0 Å². The molecule has 1 aromatic carbocycles. The molecule has 0 atom stereocenters. The van der Waals surface area contributed by atoms with E-state index in [1.165, 1.54) is 31.7 Å². The number of carboxylic acids is 1. The van der Waals surface area contributed by atoms with E-state index in [2.05, 4.69) is 6.92 Å². The first kappa shape index (κ1) is 22.2. The lowest BCUT2D eigenvalue weighted by molar-refractivity contribution is -0.143. The average Bonchev–Trinajstić information content (AvgIpc) is 2.63. The van der Waals surface area contributed by atoms with E-state index in [4.69, 9.17) is 14.9 Å². The largest absolute Gasteiger partial charge is 0.505 e. The van der Waals surface area contributed by atoms with Gasteiger partial charge in [0, 0.05) is 0 Å². The number of aromatic hydroxyl groups is 1. The molecule has 0 aliphatic heterocycles. The zero-order chi connectivity index (χ0) is 19.5. The summed E-state index contributed by atoms with van der Waals surface area (Å²) in [5.41, 5.74) is 0. The van der Waals surface area contributed by atoms with Crippen LogP contribution in [0.3, 0.4) is 0 Å². The monoisotopic (exact) mass is 372 g/mol. The van der Waals surface area contributed by atoms with Crippen molar-refractivity contribution in [2.75, 3.05) is 6.61 Å². The van der Waals surface area contributed by atoms with E-state index in [1.807, 2.05) is 0 Å². The number of carboxylic acid groups (broad SMARTS) is 1. The number of phenolic OH excluding ortho intramolecular Hbond substituents is 1. The highest BCUT2D eigenvalue weighted by molar-refractivity contribution is 5.69. The van der Waals surface area contributed by atoms with Gasteiger partial charge in [-0.3, -0.25) is 4.79 Å². The van der Waals surface area contributed by atoms with Crippen LogP contribution in [0.1, 0.15) is 65.2 Å². The van der Waals surface area contributed by atoms with Crippen LogP contribution >= 0.6 is 0 Å². The second-order valence-electron chi connectivity index (χ2n) is 6.70. The van der Waals surface area contributed by atoms with Gasteiger partial charge in [0.15, 0.2) is 11.5 Å². The van der Waals surface area contributed by atoms with E-state index in [0.29, 0.717) is 0 Å². The van der Waals surface area contributed by atoms with Crippen molar-refractivity contribution in [2.45, 2.75) is 65.2 Å². The van der Waals surface area contributed by atoms with Crippen LogP contribution in [0, 0.1) is 23.5 Å². The second-order valence-corrected chi connectivity index (χ2v) is 6.70. The van der Waals surface area contributed by atoms with Crippen LogP contribution < -0.4 is 4.74 Å². The molecule has 1 aliphatic rings. The van der Waals surface area contributed by atoms with Crippen molar-refractivity contribution >= 4 is 5.97 Å². The fourth-order valence-corrected chi connectivity index (χ4v) is 3.17. The van der Waals surface area contributed by atoms with Gasteiger partial charge in [-0.15, -0.1) is 0 Å². The number of aliphatic carboxylic acids is 1. The van der Waals surface area contributed by atoms with Crippen molar-refractivity contribution in [2.24, 2.45) is 11.8 Å². The number of rotatable bonds is 7. The molecule has 6 heteroatoms. The van der Waals surface area contributed by atoms with Crippen molar-refractivity contribution in [1.82, 2.24) is 0 Å². The van der Waals surface area contributed by atoms with Gasteiger partial charge in [0.1, 0.15) is 0 Å². The lowest BCUT2D eigenvalue weighted by Gasteiger charge is -2.25. The molecule has 1 aliphatic carbocycles. The highest BCUT2D eigenvalue weighted by atomic mass is 19.2. The first-order valence-electron chi connectivity index (χ1n) is 9.43.